The number of benzene rings is 3. The normalized spacial score (nSPS) is 24.3. The number of ether oxygens (including phenoxy) is 1. The highest BCUT2D eigenvalue weighted by Gasteiger charge is 2.56. The summed E-state index contributed by atoms with van der Waals surface area (Å²) in [6.07, 6.45) is 2.28. The van der Waals surface area contributed by atoms with Gasteiger partial charge in [-0.25, -0.2) is 9.18 Å². The molecule has 4 saturated heterocycles. The Hall–Kier alpha value is -3.70. The fraction of sp³-hybridized carbons (Fsp3) is 0.488. The summed E-state index contributed by atoms with van der Waals surface area (Å²) in [6.45, 7) is 6.89. The van der Waals surface area contributed by atoms with Crippen molar-refractivity contribution in [1.29, 1.82) is 0 Å². The van der Waals surface area contributed by atoms with Crippen LogP contribution in [-0.4, -0.2) is 85.6 Å². The molecule has 0 aliphatic carbocycles. The lowest BCUT2D eigenvalue weighted by atomic mass is 9.65. The zero-order chi connectivity index (χ0) is 37.1. The Morgan fingerprint density at radius 2 is 1.13 bits per heavy atom. The van der Waals surface area contributed by atoms with E-state index in [0.29, 0.717) is 36.2 Å². The Bertz CT molecular complexity index is 1670. The number of piperidine rings is 2. The molecule has 4 fully saturated rings. The van der Waals surface area contributed by atoms with Gasteiger partial charge >= 0.3 is 6.09 Å². The van der Waals surface area contributed by atoms with Crippen molar-refractivity contribution >= 4 is 41.1 Å². The van der Waals surface area contributed by atoms with Crippen molar-refractivity contribution in [2.24, 2.45) is 23.7 Å². The molecule has 0 bridgehead atoms. The molecule has 0 saturated carbocycles. The molecule has 9 nitrogen and oxygen atoms in total. The summed E-state index contributed by atoms with van der Waals surface area (Å²) in [5, 5.41) is 11.2. The molecule has 3 aromatic rings. The van der Waals surface area contributed by atoms with Crippen molar-refractivity contribution in [3.8, 4) is 5.75 Å². The summed E-state index contributed by atoms with van der Waals surface area (Å²) in [4.78, 5) is 46.4. The molecule has 0 aromatic heterocycles. The van der Waals surface area contributed by atoms with Crippen LogP contribution in [0.15, 0.2) is 72.8 Å². The molecule has 4 aliphatic rings. The number of hydrogen-bond donors (Lipinski definition) is 3. The third-order valence-electron chi connectivity index (χ3n) is 12.2. The first-order chi connectivity index (χ1) is 25.6. The predicted molar refractivity (Wildman–Crippen MR) is 204 cm³/mol. The molecule has 3 amide bonds. The van der Waals surface area contributed by atoms with E-state index >= 15 is 0 Å². The molecule has 12 heteroatoms. The minimum Gasteiger partial charge on any atom is -0.407 e. The Morgan fingerprint density at radius 3 is 1.57 bits per heavy atom. The van der Waals surface area contributed by atoms with Gasteiger partial charge in [0, 0.05) is 71.7 Å². The quantitative estimate of drug-likeness (QED) is 0.244. The Balaban J connectivity index is 1.31. The second-order valence-electron chi connectivity index (χ2n) is 15.3. The summed E-state index contributed by atoms with van der Waals surface area (Å²) in [7, 11) is 0. The Kier molecular flexibility index (Phi) is 11.6. The Morgan fingerprint density at radius 1 is 0.698 bits per heavy atom. The van der Waals surface area contributed by atoms with E-state index in [1.807, 2.05) is 65.3 Å². The molecule has 0 radical (unpaired) electrons. The lowest BCUT2D eigenvalue weighted by Crippen LogP contribution is -2.60. The smallest absolute Gasteiger partial charge is 0.407 e. The molecule has 4 atom stereocenters. The number of nitrogens with zero attached hydrogens (tertiary/aromatic N) is 2. The van der Waals surface area contributed by atoms with Gasteiger partial charge in [-0.15, -0.1) is 0 Å². The molecule has 3 aromatic carbocycles. The van der Waals surface area contributed by atoms with Gasteiger partial charge in [-0.3, -0.25) is 9.59 Å². The average Bonchev–Trinajstić information content (AvgIpc) is 3.84. The van der Waals surface area contributed by atoms with Crippen LogP contribution in [0.1, 0.15) is 55.6 Å². The highest BCUT2D eigenvalue weighted by molar-refractivity contribution is 6.30. The summed E-state index contributed by atoms with van der Waals surface area (Å²) in [5.41, 5.74) is 0.946. The first-order valence-corrected chi connectivity index (χ1v) is 19.6. The minimum absolute atomic E-state index is 0.0857. The van der Waals surface area contributed by atoms with E-state index in [0.717, 1.165) is 63.0 Å². The second-order valence-corrected chi connectivity index (χ2v) is 16.2. The summed E-state index contributed by atoms with van der Waals surface area (Å²) >= 11 is 12.7. The van der Waals surface area contributed by atoms with Gasteiger partial charge in [0.25, 0.3) is 0 Å². The zero-order valence-electron chi connectivity index (χ0n) is 30.0. The monoisotopic (exact) mass is 763 g/mol. The van der Waals surface area contributed by atoms with Crippen LogP contribution >= 0.6 is 23.2 Å². The lowest BCUT2D eigenvalue weighted by molar-refractivity contribution is -0.136. The van der Waals surface area contributed by atoms with Crippen LogP contribution < -0.4 is 20.7 Å². The van der Waals surface area contributed by atoms with Crippen LogP contribution in [0, 0.1) is 29.5 Å². The number of para-hydroxylation sites is 1. The van der Waals surface area contributed by atoms with Gasteiger partial charge in [-0.05, 0) is 106 Å². The zero-order valence-corrected chi connectivity index (χ0v) is 31.6. The summed E-state index contributed by atoms with van der Waals surface area (Å²) in [6, 6.07) is 21.2. The molecule has 4 heterocycles. The predicted octanol–water partition coefficient (Wildman–Crippen LogP) is 6.46. The third-order valence-corrected chi connectivity index (χ3v) is 12.7. The lowest BCUT2D eigenvalue weighted by Gasteiger charge is -2.45. The minimum atomic E-state index is -1.05. The fourth-order valence-electron chi connectivity index (χ4n) is 9.27. The van der Waals surface area contributed by atoms with Gasteiger partial charge in [0.1, 0.15) is 0 Å². The number of rotatable bonds is 8. The number of likely N-dealkylation sites (tertiary alicyclic amines) is 2. The molecule has 0 unspecified atom stereocenters. The van der Waals surface area contributed by atoms with Crippen LogP contribution in [0.25, 0.3) is 0 Å². The number of nitrogens with one attached hydrogen (secondary N) is 3. The molecular formula is C41H48Cl2FN5O4. The van der Waals surface area contributed by atoms with Gasteiger partial charge in [-0.1, -0.05) is 59.6 Å². The SMILES string of the molecule is CC(NC(=O)Oc1ccccc1F)([C@@H]1CN(C(=O)C2CCNCC2)C[C@H]1c1ccc(Cl)cc1)[C@@H]1CN(C(=O)C2CCNCC2)C[C@H]1c1ccc(Cl)cc1. The molecular weight excluding hydrogens is 716 g/mol. The van der Waals surface area contributed by atoms with Crippen molar-refractivity contribution in [2.75, 3.05) is 52.4 Å². The van der Waals surface area contributed by atoms with Crippen LogP contribution in [0.5, 0.6) is 5.75 Å². The molecule has 3 N–H and O–H groups in total. The first-order valence-electron chi connectivity index (χ1n) is 18.8. The standard InChI is InChI=1S/C41H48Cl2FN5O4/c1-41(47-40(52)53-37-5-3-2-4-36(37)44,34-24-48(38(50)28-14-18-45-19-15-28)22-32(34)26-6-10-30(42)11-7-26)35-25-49(39(51)29-16-20-46-21-17-29)23-33(35)27-8-12-31(43)13-9-27/h2-13,28-29,32-35,45-46H,14-25H2,1H3,(H,47,52)/t32-,33-,34+,35+/m0/s1. The number of hydrogen-bond acceptors (Lipinski definition) is 6. The molecule has 4 aliphatic heterocycles. The van der Waals surface area contributed by atoms with Crippen LogP contribution in [0.3, 0.4) is 0 Å². The number of carbonyl (C=O) groups is 3. The topological polar surface area (TPSA) is 103 Å². The van der Waals surface area contributed by atoms with Crippen molar-refractivity contribution in [2.45, 2.75) is 50.0 Å². The fourth-order valence-corrected chi connectivity index (χ4v) is 9.52. The second kappa shape index (κ2) is 16.3. The van der Waals surface area contributed by atoms with Crippen LogP contribution in [-0.2, 0) is 9.59 Å². The van der Waals surface area contributed by atoms with Gasteiger partial charge in [0.15, 0.2) is 11.6 Å². The van der Waals surface area contributed by atoms with E-state index in [2.05, 4.69) is 16.0 Å². The van der Waals surface area contributed by atoms with E-state index in [9.17, 15) is 18.8 Å². The van der Waals surface area contributed by atoms with Crippen molar-refractivity contribution in [1.82, 2.24) is 25.8 Å². The van der Waals surface area contributed by atoms with Gasteiger partial charge in [0.2, 0.25) is 11.8 Å². The van der Waals surface area contributed by atoms with Crippen molar-refractivity contribution in [3.63, 3.8) is 0 Å². The largest absolute Gasteiger partial charge is 0.413 e. The van der Waals surface area contributed by atoms with Gasteiger partial charge in [0.05, 0.1) is 5.54 Å². The maximum Gasteiger partial charge on any atom is 0.413 e. The molecule has 0 spiro atoms. The highest BCUT2D eigenvalue weighted by atomic mass is 35.5. The number of amides is 3. The third kappa shape index (κ3) is 8.21. The van der Waals surface area contributed by atoms with Gasteiger partial charge < -0.3 is 30.5 Å². The average molecular weight is 765 g/mol. The summed E-state index contributed by atoms with van der Waals surface area (Å²) < 4.78 is 20.5. The van der Waals surface area contributed by atoms with Crippen molar-refractivity contribution < 1.29 is 23.5 Å². The molecule has 7 rings (SSSR count). The van der Waals surface area contributed by atoms with E-state index in [1.165, 1.54) is 18.2 Å². The van der Waals surface area contributed by atoms with Crippen LogP contribution in [0.4, 0.5) is 9.18 Å². The van der Waals surface area contributed by atoms with E-state index in [1.54, 1.807) is 6.07 Å². The van der Waals surface area contributed by atoms with E-state index in [4.69, 9.17) is 27.9 Å². The maximum atomic E-state index is 14.8. The van der Waals surface area contributed by atoms with E-state index < -0.39 is 17.4 Å². The molecule has 282 valence electrons. The van der Waals surface area contributed by atoms with E-state index in [-0.39, 0.29) is 53.1 Å². The van der Waals surface area contributed by atoms with Crippen molar-refractivity contribution in [3.05, 3.63) is 99.8 Å². The van der Waals surface area contributed by atoms with Crippen LogP contribution in [0.2, 0.25) is 10.0 Å². The Labute approximate surface area is 320 Å². The van der Waals surface area contributed by atoms with Gasteiger partial charge in [-0.2, -0.15) is 0 Å². The molecule has 53 heavy (non-hydrogen) atoms. The number of carbonyl (C=O) groups excluding carboxylic acids is 3. The maximum absolute atomic E-state index is 14.8. The number of halogens is 3. The summed E-state index contributed by atoms with van der Waals surface area (Å²) in [5.74, 6) is -1.75. The highest BCUT2D eigenvalue weighted by Crippen LogP contribution is 2.50. The first kappa shape index (κ1) is 37.6.